The van der Waals surface area contributed by atoms with Gasteiger partial charge in [-0.1, -0.05) is 0 Å². The molecule has 0 rings (SSSR count). The number of aliphatic hydroxyl groups is 2. The molecule has 0 saturated carbocycles. The smallest absolute Gasteiger partial charge is 0.0636 e. The first-order valence-corrected chi connectivity index (χ1v) is 3.69. The zero-order valence-corrected chi connectivity index (χ0v) is 6.67. The van der Waals surface area contributed by atoms with Crippen molar-refractivity contribution in [3.63, 3.8) is 0 Å². The van der Waals surface area contributed by atoms with Gasteiger partial charge < -0.3 is 15.5 Å². The van der Waals surface area contributed by atoms with Crippen LogP contribution in [-0.2, 0) is 0 Å². The average Bonchev–Trinajstić information content (AvgIpc) is 1.85. The van der Waals surface area contributed by atoms with E-state index >= 15 is 0 Å². The third-order valence-electron chi connectivity index (χ3n) is 1.32. The molecular formula is C7H17NO2. The van der Waals surface area contributed by atoms with Gasteiger partial charge in [0.15, 0.2) is 0 Å². The van der Waals surface area contributed by atoms with Crippen molar-refractivity contribution >= 4 is 0 Å². The Morgan fingerprint density at radius 2 is 2.00 bits per heavy atom. The maximum absolute atomic E-state index is 8.84. The molecular weight excluding hydrogens is 130 g/mol. The minimum atomic E-state index is -0.304. The highest BCUT2D eigenvalue weighted by atomic mass is 16.3. The SMILES string of the molecule is CC(O)CNC(C)CCO. The molecule has 0 aliphatic heterocycles. The van der Waals surface area contributed by atoms with Crippen LogP contribution in [0.3, 0.4) is 0 Å². The topological polar surface area (TPSA) is 52.5 Å². The van der Waals surface area contributed by atoms with E-state index in [1.807, 2.05) is 6.92 Å². The Hall–Kier alpha value is -0.120. The highest BCUT2D eigenvalue weighted by molar-refractivity contribution is 4.61. The molecule has 0 saturated heterocycles. The molecule has 0 aliphatic rings. The van der Waals surface area contributed by atoms with Crippen molar-refractivity contribution in [2.24, 2.45) is 0 Å². The van der Waals surface area contributed by atoms with Gasteiger partial charge in [-0.3, -0.25) is 0 Å². The first-order chi connectivity index (χ1) is 4.66. The molecule has 0 spiro atoms. The van der Waals surface area contributed by atoms with Crippen LogP contribution in [-0.4, -0.2) is 35.5 Å². The molecule has 10 heavy (non-hydrogen) atoms. The van der Waals surface area contributed by atoms with Crippen LogP contribution < -0.4 is 5.32 Å². The summed E-state index contributed by atoms with van der Waals surface area (Å²) >= 11 is 0. The fourth-order valence-corrected chi connectivity index (χ4v) is 0.667. The summed E-state index contributed by atoms with van der Waals surface area (Å²) < 4.78 is 0. The Morgan fingerprint density at radius 1 is 1.40 bits per heavy atom. The van der Waals surface area contributed by atoms with E-state index in [1.54, 1.807) is 6.92 Å². The van der Waals surface area contributed by atoms with E-state index in [0.717, 1.165) is 6.42 Å². The minimum absolute atomic E-state index is 0.202. The second-order valence-corrected chi connectivity index (χ2v) is 2.67. The quantitative estimate of drug-likeness (QED) is 0.501. The van der Waals surface area contributed by atoms with Crippen molar-refractivity contribution in [1.82, 2.24) is 5.32 Å². The second kappa shape index (κ2) is 5.65. The molecule has 3 N–H and O–H groups in total. The van der Waals surface area contributed by atoms with Crippen LogP contribution in [0.5, 0.6) is 0 Å². The normalized spacial score (nSPS) is 16.8. The van der Waals surface area contributed by atoms with E-state index in [2.05, 4.69) is 5.32 Å². The molecule has 0 aromatic rings. The van der Waals surface area contributed by atoms with E-state index in [-0.39, 0.29) is 12.7 Å². The van der Waals surface area contributed by atoms with Crippen LogP contribution in [0.25, 0.3) is 0 Å². The zero-order chi connectivity index (χ0) is 7.98. The third kappa shape index (κ3) is 6.01. The summed E-state index contributed by atoms with van der Waals surface area (Å²) in [6.07, 6.45) is 0.438. The van der Waals surface area contributed by atoms with E-state index in [0.29, 0.717) is 12.6 Å². The van der Waals surface area contributed by atoms with Crippen molar-refractivity contribution in [1.29, 1.82) is 0 Å². The van der Waals surface area contributed by atoms with Gasteiger partial charge in [0.2, 0.25) is 0 Å². The Morgan fingerprint density at radius 3 is 2.40 bits per heavy atom. The van der Waals surface area contributed by atoms with Crippen LogP contribution in [0.1, 0.15) is 20.3 Å². The summed E-state index contributed by atoms with van der Waals surface area (Å²) in [6, 6.07) is 0.291. The van der Waals surface area contributed by atoms with Gasteiger partial charge in [-0.05, 0) is 20.3 Å². The Labute approximate surface area is 62.1 Å². The average molecular weight is 147 g/mol. The summed E-state index contributed by atoms with van der Waals surface area (Å²) in [4.78, 5) is 0. The third-order valence-corrected chi connectivity index (χ3v) is 1.32. The number of aliphatic hydroxyl groups excluding tert-OH is 2. The summed E-state index contributed by atoms with van der Waals surface area (Å²) in [7, 11) is 0. The molecule has 62 valence electrons. The summed E-state index contributed by atoms with van der Waals surface area (Å²) in [5, 5.41) is 20.4. The maximum atomic E-state index is 8.84. The summed E-state index contributed by atoms with van der Waals surface area (Å²) in [6.45, 7) is 4.52. The number of hydrogen-bond acceptors (Lipinski definition) is 3. The Bertz CT molecular complexity index is 76.0. The summed E-state index contributed by atoms with van der Waals surface area (Å²) in [5.74, 6) is 0. The molecule has 0 aromatic carbocycles. The molecule has 3 heteroatoms. The Kier molecular flexibility index (Phi) is 5.58. The molecule has 0 amide bonds. The molecule has 0 bridgehead atoms. The lowest BCUT2D eigenvalue weighted by atomic mass is 10.2. The highest BCUT2D eigenvalue weighted by Gasteiger charge is 2.00. The van der Waals surface area contributed by atoms with Crippen LogP contribution in [0, 0.1) is 0 Å². The molecule has 0 radical (unpaired) electrons. The zero-order valence-electron chi connectivity index (χ0n) is 6.67. The highest BCUT2D eigenvalue weighted by Crippen LogP contribution is 1.88. The molecule has 3 nitrogen and oxygen atoms in total. The van der Waals surface area contributed by atoms with Gasteiger partial charge in [-0.25, -0.2) is 0 Å². The molecule has 0 heterocycles. The van der Waals surface area contributed by atoms with Crippen molar-refractivity contribution in [3.05, 3.63) is 0 Å². The van der Waals surface area contributed by atoms with Gasteiger partial charge in [0.25, 0.3) is 0 Å². The fourth-order valence-electron chi connectivity index (χ4n) is 0.667. The monoisotopic (exact) mass is 147 g/mol. The molecule has 0 fully saturated rings. The first-order valence-electron chi connectivity index (χ1n) is 3.69. The lowest BCUT2D eigenvalue weighted by Gasteiger charge is -2.12. The van der Waals surface area contributed by atoms with Crippen LogP contribution in [0.2, 0.25) is 0 Å². The van der Waals surface area contributed by atoms with Crippen LogP contribution in [0.4, 0.5) is 0 Å². The minimum Gasteiger partial charge on any atom is -0.396 e. The van der Waals surface area contributed by atoms with Crippen LogP contribution in [0.15, 0.2) is 0 Å². The largest absolute Gasteiger partial charge is 0.396 e. The number of nitrogens with one attached hydrogen (secondary N) is 1. The van der Waals surface area contributed by atoms with Gasteiger partial charge >= 0.3 is 0 Å². The Balaban J connectivity index is 3.12. The molecule has 2 unspecified atom stereocenters. The van der Waals surface area contributed by atoms with E-state index in [9.17, 15) is 0 Å². The van der Waals surface area contributed by atoms with Gasteiger partial charge in [0.1, 0.15) is 0 Å². The van der Waals surface area contributed by atoms with E-state index < -0.39 is 0 Å². The predicted molar refractivity (Wildman–Crippen MR) is 40.8 cm³/mol. The lowest BCUT2D eigenvalue weighted by molar-refractivity contribution is 0.182. The fraction of sp³-hybridized carbons (Fsp3) is 1.00. The van der Waals surface area contributed by atoms with E-state index in [1.165, 1.54) is 0 Å². The van der Waals surface area contributed by atoms with Gasteiger partial charge in [-0.2, -0.15) is 0 Å². The van der Waals surface area contributed by atoms with Gasteiger partial charge in [0.05, 0.1) is 6.10 Å². The predicted octanol–water partition coefficient (Wildman–Crippen LogP) is -0.272. The van der Waals surface area contributed by atoms with Crippen molar-refractivity contribution in [2.45, 2.75) is 32.4 Å². The second-order valence-electron chi connectivity index (χ2n) is 2.67. The van der Waals surface area contributed by atoms with Crippen molar-refractivity contribution in [2.75, 3.05) is 13.2 Å². The van der Waals surface area contributed by atoms with E-state index in [4.69, 9.17) is 10.2 Å². The van der Waals surface area contributed by atoms with Crippen molar-refractivity contribution in [3.8, 4) is 0 Å². The molecule has 2 atom stereocenters. The van der Waals surface area contributed by atoms with Crippen LogP contribution >= 0.6 is 0 Å². The molecule has 0 aromatic heterocycles. The van der Waals surface area contributed by atoms with Gasteiger partial charge in [0, 0.05) is 19.2 Å². The summed E-state index contributed by atoms with van der Waals surface area (Å²) in [5.41, 5.74) is 0. The van der Waals surface area contributed by atoms with Gasteiger partial charge in [-0.15, -0.1) is 0 Å². The lowest BCUT2D eigenvalue weighted by Crippen LogP contribution is -2.32. The molecule has 0 aliphatic carbocycles. The number of rotatable bonds is 5. The maximum Gasteiger partial charge on any atom is 0.0636 e. The number of hydrogen-bond donors (Lipinski definition) is 3. The first kappa shape index (κ1) is 9.88. The standard InChI is InChI=1S/C7H17NO2/c1-6(3-4-9)8-5-7(2)10/h6-10H,3-5H2,1-2H3. The van der Waals surface area contributed by atoms with Crippen molar-refractivity contribution < 1.29 is 10.2 Å².